The number of carbonyl (C=O) groups excluding carboxylic acids is 3. The van der Waals surface area contributed by atoms with E-state index in [2.05, 4.69) is 15.8 Å². The van der Waals surface area contributed by atoms with Gasteiger partial charge >= 0.3 is 12.1 Å². The van der Waals surface area contributed by atoms with Crippen LogP contribution in [0.4, 0.5) is 21.0 Å². The van der Waals surface area contributed by atoms with Crippen molar-refractivity contribution < 1.29 is 24.0 Å². The van der Waals surface area contributed by atoms with E-state index in [1.165, 1.54) is 53.8 Å². The number of anilines is 2. The number of hydrazone groups is 1. The quantitative estimate of drug-likeness (QED) is 0.160. The molecule has 0 bridgehead atoms. The Morgan fingerprint density at radius 2 is 1.75 bits per heavy atom. The predicted molar refractivity (Wildman–Crippen MR) is 152 cm³/mol. The van der Waals surface area contributed by atoms with Crippen molar-refractivity contribution in [1.82, 2.24) is 15.4 Å². The number of hydrogen-bond acceptors (Lipinski definition) is 6. The minimum Gasteiger partial charge on any atom is -0.463 e. The van der Waals surface area contributed by atoms with Gasteiger partial charge in [-0.25, -0.2) is 15.0 Å². The van der Waals surface area contributed by atoms with Gasteiger partial charge in [-0.3, -0.25) is 14.9 Å². The van der Waals surface area contributed by atoms with Crippen LogP contribution in [0.25, 0.3) is 0 Å². The molecule has 3 aromatic rings. The maximum Gasteiger partial charge on any atom is 0.347 e. The summed E-state index contributed by atoms with van der Waals surface area (Å²) in [7, 11) is 0. The number of benzene rings is 2. The molecule has 1 atom stereocenters. The van der Waals surface area contributed by atoms with Crippen molar-refractivity contribution in [2.24, 2.45) is 5.10 Å². The van der Waals surface area contributed by atoms with E-state index >= 15 is 0 Å². The van der Waals surface area contributed by atoms with Gasteiger partial charge in [-0.15, -0.1) is 0 Å². The van der Waals surface area contributed by atoms with Gasteiger partial charge in [0.2, 0.25) is 0 Å². The number of carbonyl (C=O) groups is 3. The number of nitrogens with one attached hydrogen (secondary N) is 2. The molecule has 0 spiro atoms. The van der Waals surface area contributed by atoms with Gasteiger partial charge in [0.15, 0.2) is 6.17 Å². The van der Waals surface area contributed by atoms with E-state index in [4.69, 9.17) is 50.8 Å². The minimum atomic E-state index is -1.33. The molecular formula is C25H22Cl4N6O5. The third-order valence-corrected chi connectivity index (χ3v) is 7.51. The molecule has 11 nitrogen and oxygen atoms in total. The Morgan fingerprint density at radius 1 is 1.07 bits per heavy atom. The van der Waals surface area contributed by atoms with E-state index in [1.54, 1.807) is 26.0 Å². The lowest BCUT2D eigenvalue weighted by atomic mass is 9.99. The third kappa shape index (κ3) is 6.13. The molecule has 40 heavy (non-hydrogen) atoms. The molecule has 15 heteroatoms. The average Bonchev–Trinajstić information content (AvgIpc) is 3.48. The summed E-state index contributed by atoms with van der Waals surface area (Å²) in [6, 6.07) is 10.4. The fourth-order valence-corrected chi connectivity index (χ4v) is 4.67. The standard InChI is InChI=1S/C25H22Cl4N6O5/c1-25(2)22(35(39)23(37)31-14-5-7-17(26)19(28)10-14)34(15-6-8-18(27)20(29)11-15)24(38)33(25)13-21(36)32-30-12-16-4-3-9-40-16/h3-12,22,39H,13H2,1-2H3,(H,31,37)(H,32,36)/b30-12+. The molecule has 0 aliphatic carbocycles. The summed E-state index contributed by atoms with van der Waals surface area (Å²) in [5.74, 6) is -0.226. The normalized spacial score (nSPS) is 16.5. The molecule has 1 aliphatic rings. The first-order valence-electron chi connectivity index (χ1n) is 11.6. The van der Waals surface area contributed by atoms with Crippen molar-refractivity contribution in [3.63, 3.8) is 0 Å². The third-order valence-electron chi connectivity index (χ3n) is 6.03. The Balaban J connectivity index is 1.63. The highest BCUT2D eigenvalue weighted by Crippen LogP contribution is 2.39. The molecule has 2 aromatic carbocycles. The first-order chi connectivity index (χ1) is 18.9. The van der Waals surface area contributed by atoms with E-state index < -0.39 is 36.2 Å². The topological polar surface area (TPSA) is 131 Å². The second-order valence-electron chi connectivity index (χ2n) is 9.08. The van der Waals surface area contributed by atoms with Crippen LogP contribution in [0.3, 0.4) is 0 Å². The molecule has 3 N–H and O–H groups in total. The highest BCUT2D eigenvalue weighted by Gasteiger charge is 2.56. The van der Waals surface area contributed by atoms with Gasteiger partial charge in [0.05, 0.1) is 38.1 Å². The Labute approximate surface area is 248 Å². The van der Waals surface area contributed by atoms with Crippen LogP contribution in [-0.4, -0.2) is 57.6 Å². The van der Waals surface area contributed by atoms with Gasteiger partial charge in [-0.1, -0.05) is 46.4 Å². The van der Waals surface area contributed by atoms with Crippen LogP contribution in [0.15, 0.2) is 64.3 Å². The second-order valence-corrected chi connectivity index (χ2v) is 10.7. The first-order valence-corrected chi connectivity index (χ1v) is 13.1. The Bertz CT molecular complexity index is 1470. The maximum atomic E-state index is 13.7. The van der Waals surface area contributed by atoms with Gasteiger partial charge in [-0.05, 0) is 62.4 Å². The molecule has 1 aromatic heterocycles. The number of rotatable bonds is 7. The monoisotopic (exact) mass is 626 g/mol. The zero-order chi connectivity index (χ0) is 29.2. The summed E-state index contributed by atoms with van der Waals surface area (Å²) in [5.41, 5.74) is 1.47. The van der Waals surface area contributed by atoms with E-state index in [1.807, 2.05) is 0 Å². The highest BCUT2D eigenvalue weighted by atomic mass is 35.5. The number of nitrogens with zero attached hydrogens (tertiary/aromatic N) is 4. The lowest BCUT2D eigenvalue weighted by molar-refractivity contribution is -0.124. The molecule has 0 saturated carbocycles. The summed E-state index contributed by atoms with van der Waals surface area (Å²) in [6.45, 7) is 2.71. The van der Waals surface area contributed by atoms with Gasteiger partial charge in [0, 0.05) is 11.4 Å². The molecule has 2 heterocycles. The molecular weight excluding hydrogens is 606 g/mol. The lowest BCUT2D eigenvalue weighted by Crippen LogP contribution is -2.58. The number of urea groups is 2. The van der Waals surface area contributed by atoms with Gasteiger partial charge < -0.3 is 14.6 Å². The lowest BCUT2D eigenvalue weighted by Gasteiger charge is -2.38. The fourth-order valence-electron chi connectivity index (χ4n) is 4.08. The zero-order valence-corrected chi connectivity index (χ0v) is 24.0. The molecule has 1 saturated heterocycles. The molecule has 1 unspecified atom stereocenters. The average molecular weight is 628 g/mol. The smallest absolute Gasteiger partial charge is 0.347 e. The predicted octanol–water partition coefficient (Wildman–Crippen LogP) is 6.31. The summed E-state index contributed by atoms with van der Waals surface area (Å²) in [5, 5.41) is 18.7. The fraction of sp³-hybridized carbons (Fsp3) is 0.200. The van der Waals surface area contributed by atoms with Crippen molar-refractivity contribution in [2.75, 3.05) is 16.8 Å². The van der Waals surface area contributed by atoms with Crippen LogP contribution >= 0.6 is 46.4 Å². The summed E-state index contributed by atoms with van der Waals surface area (Å²) < 4.78 is 5.12. The Morgan fingerprint density at radius 3 is 2.38 bits per heavy atom. The van der Waals surface area contributed by atoms with Crippen LogP contribution in [0, 0.1) is 0 Å². The maximum absolute atomic E-state index is 13.7. The van der Waals surface area contributed by atoms with E-state index in [9.17, 15) is 19.6 Å². The van der Waals surface area contributed by atoms with Crippen LogP contribution in [0.5, 0.6) is 0 Å². The zero-order valence-electron chi connectivity index (χ0n) is 20.9. The molecule has 210 valence electrons. The molecule has 1 aliphatic heterocycles. The van der Waals surface area contributed by atoms with Crippen molar-refractivity contribution >= 4 is 82.0 Å². The summed E-state index contributed by atoms with van der Waals surface area (Å²) >= 11 is 24.2. The van der Waals surface area contributed by atoms with Crippen molar-refractivity contribution in [1.29, 1.82) is 0 Å². The molecule has 4 rings (SSSR count). The number of amides is 5. The van der Waals surface area contributed by atoms with Crippen molar-refractivity contribution in [3.8, 4) is 0 Å². The summed E-state index contributed by atoms with van der Waals surface area (Å²) in [6.07, 6.45) is 1.41. The van der Waals surface area contributed by atoms with Gasteiger partial charge in [0.1, 0.15) is 12.3 Å². The molecule has 0 radical (unpaired) electrons. The van der Waals surface area contributed by atoms with Crippen LogP contribution in [0.1, 0.15) is 19.6 Å². The summed E-state index contributed by atoms with van der Waals surface area (Å²) in [4.78, 5) is 41.9. The van der Waals surface area contributed by atoms with Crippen LogP contribution in [-0.2, 0) is 4.79 Å². The number of halogens is 4. The first kappa shape index (κ1) is 29.5. The second kappa shape index (κ2) is 11.9. The van der Waals surface area contributed by atoms with E-state index in [0.29, 0.717) is 10.8 Å². The van der Waals surface area contributed by atoms with E-state index in [-0.39, 0.29) is 31.5 Å². The Hall–Kier alpha value is -3.48. The minimum absolute atomic E-state index is 0.136. The number of hydrogen-bond donors (Lipinski definition) is 3. The SMILES string of the molecule is CC1(C)C(N(O)C(=O)Nc2ccc(Cl)c(Cl)c2)N(c2ccc(Cl)c(Cl)c2)C(=O)N1CC(=O)N/N=C/c1ccco1. The van der Waals surface area contributed by atoms with Crippen molar-refractivity contribution in [3.05, 3.63) is 80.6 Å². The largest absolute Gasteiger partial charge is 0.463 e. The van der Waals surface area contributed by atoms with Gasteiger partial charge in [-0.2, -0.15) is 10.2 Å². The Kier molecular flexibility index (Phi) is 8.81. The van der Waals surface area contributed by atoms with Crippen LogP contribution < -0.4 is 15.6 Å². The number of hydroxylamine groups is 2. The molecule has 1 fully saturated rings. The molecule has 5 amide bonds. The highest BCUT2D eigenvalue weighted by molar-refractivity contribution is 6.42. The van der Waals surface area contributed by atoms with Crippen molar-refractivity contribution in [2.45, 2.75) is 25.6 Å². The van der Waals surface area contributed by atoms with E-state index in [0.717, 1.165) is 4.90 Å². The number of furan rings is 1. The van der Waals surface area contributed by atoms with Gasteiger partial charge in [0.25, 0.3) is 5.91 Å². The van der Waals surface area contributed by atoms with Crippen LogP contribution in [0.2, 0.25) is 20.1 Å².